The molecule has 0 radical (unpaired) electrons. The number of esters is 1. The van der Waals surface area contributed by atoms with Gasteiger partial charge in [-0.25, -0.2) is 9.78 Å². The van der Waals surface area contributed by atoms with E-state index >= 15 is 0 Å². The molecular formula is C15H24N4O2. The van der Waals surface area contributed by atoms with Gasteiger partial charge >= 0.3 is 5.97 Å². The SMILES string of the molecule is COC(=O)c1ccnc(NCCC2CCN(C)CC2)c1N. The summed E-state index contributed by atoms with van der Waals surface area (Å²) >= 11 is 0. The molecule has 0 atom stereocenters. The van der Waals surface area contributed by atoms with Crippen molar-refractivity contribution in [3.05, 3.63) is 17.8 Å². The van der Waals surface area contributed by atoms with Gasteiger partial charge in [0, 0.05) is 12.7 Å². The molecule has 0 bridgehead atoms. The van der Waals surface area contributed by atoms with E-state index < -0.39 is 5.97 Å². The molecule has 2 heterocycles. The molecule has 0 spiro atoms. The topological polar surface area (TPSA) is 80.5 Å². The van der Waals surface area contributed by atoms with Gasteiger partial charge in [0.1, 0.15) is 5.82 Å². The predicted octanol–water partition coefficient (Wildman–Crippen LogP) is 1.59. The Morgan fingerprint density at radius 3 is 2.90 bits per heavy atom. The largest absolute Gasteiger partial charge is 0.465 e. The first-order valence-corrected chi connectivity index (χ1v) is 7.37. The first kappa shape index (κ1) is 15.6. The third kappa shape index (κ3) is 4.07. The van der Waals surface area contributed by atoms with Crippen LogP contribution in [0.15, 0.2) is 12.3 Å². The summed E-state index contributed by atoms with van der Waals surface area (Å²) in [5, 5.41) is 3.23. The molecule has 0 amide bonds. The van der Waals surface area contributed by atoms with Crippen molar-refractivity contribution in [3.63, 3.8) is 0 Å². The van der Waals surface area contributed by atoms with Crippen LogP contribution in [-0.4, -0.2) is 49.6 Å². The second kappa shape index (κ2) is 7.26. The van der Waals surface area contributed by atoms with Crippen LogP contribution >= 0.6 is 0 Å². The van der Waals surface area contributed by atoms with E-state index in [-0.39, 0.29) is 0 Å². The van der Waals surface area contributed by atoms with Crippen LogP contribution in [-0.2, 0) is 4.74 Å². The molecule has 1 saturated heterocycles. The first-order chi connectivity index (χ1) is 10.1. The third-order valence-electron chi connectivity index (χ3n) is 4.08. The standard InChI is InChI=1S/C15H24N4O2/c1-19-9-5-11(6-10-19)3-7-17-14-13(16)12(4-8-18-14)15(20)21-2/h4,8,11H,3,5-7,9-10,16H2,1-2H3,(H,17,18). The highest BCUT2D eigenvalue weighted by Crippen LogP contribution is 2.22. The predicted molar refractivity (Wildman–Crippen MR) is 83.3 cm³/mol. The van der Waals surface area contributed by atoms with Crippen molar-refractivity contribution < 1.29 is 9.53 Å². The zero-order chi connectivity index (χ0) is 15.2. The van der Waals surface area contributed by atoms with E-state index in [1.807, 2.05) is 0 Å². The normalized spacial score (nSPS) is 16.7. The minimum Gasteiger partial charge on any atom is -0.465 e. The van der Waals surface area contributed by atoms with Crippen molar-refractivity contribution in [2.75, 3.05) is 44.8 Å². The number of nitrogens with one attached hydrogen (secondary N) is 1. The zero-order valence-corrected chi connectivity index (χ0v) is 12.8. The van der Waals surface area contributed by atoms with Crippen LogP contribution in [0.4, 0.5) is 11.5 Å². The molecule has 6 heteroatoms. The highest BCUT2D eigenvalue weighted by molar-refractivity contribution is 5.97. The second-order valence-electron chi connectivity index (χ2n) is 5.57. The summed E-state index contributed by atoms with van der Waals surface area (Å²) in [5.41, 5.74) is 6.67. The molecule has 1 aliphatic rings. The van der Waals surface area contributed by atoms with Gasteiger partial charge in [-0.3, -0.25) is 0 Å². The Bertz CT molecular complexity index is 485. The maximum absolute atomic E-state index is 11.6. The Labute approximate surface area is 125 Å². The molecule has 1 fully saturated rings. The summed E-state index contributed by atoms with van der Waals surface area (Å²) in [4.78, 5) is 18.1. The number of hydrogen-bond donors (Lipinski definition) is 2. The Balaban J connectivity index is 1.87. The molecule has 3 N–H and O–H groups in total. The quantitative estimate of drug-likeness (QED) is 0.802. The van der Waals surface area contributed by atoms with E-state index in [2.05, 4.69) is 22.2 Å². The summed E-state index contributed by atoms with van der Waals surface area (Å²) in [6.45, 7) is 3.15. The molecule has 21 heavy (non-hydrogen) atoms. The number of rotatable bonds is 5. The van der Waals surface area contributed by atoms with Crippen LogP contribution in [0.3, 0.4) is 0 Å². The highest BCUT2D eigenvalue weighted by atomic mass is 16.5. The lowest BCUT2D eigenvalue weighted by Gasteiger charge is -2.29. The van der Waals surface area contributed by atoms with E-state index in [1.54, 1.807) is 12.3 Å². The molecule has 1 aromatic rings. The smallest absolute Gasteiger partial charge is 0.340 e. The van der Waals surface area contributed by atoms with Crippen molar-refractivity contribution in [2.24, 2.45) is 5.92 Å². The number of likely N-dealkylation sites (tertiary alicyclic amines) is 1. The van der Waals surface area contributed by atoms with Crippen LogP contribution < -0.4 is 11.1 Å². The Morgan fingerprint density at radius 2 is 2.24 bits per heavy atom. The van der Waals surface area contributed by atoms with Gasteiger partial charge in [0.25, 0.3) is 0 Å². The number of carbonyl (C=O) groups excluding carboxylic acids is 1. The summed E-state index contributed by atoms with van der Waals surface area (Å²) in [6.07, 6.45) is 5.14. The number of nitrogens with two attached hydrogens (primary N) is 1. The molecular weight excluding hydrogens is 268 g/mol. The number of aromatic nitrogens is 1. The van der Waals surface area contributed by atoms with E-state index in [9.17, 15) is 4.79 Å². The zero-order valence-electron chi connectivity index (χ0n) is 12.8. The maximum atomic E-state index is 11.6. The summed E-state index contributed by atoms with van der Waals surface area (Å²) in [7, 11) is 3.51. The van der Waals surface area contributed by atoms with E-state index in [0.717, 1.165) is 18.9 Å². The number of pyridine rings is 1. The summed E-state index contributed by atoms with van der Waals surface area (Å²) in [6, 6.07) is 1.57. The van der Waals surface area contributed by atoms with Gasteiger partial charge in [0.2, 0.25) is 0 Å². The third-order valence-corrected chi connectivity index (χ3v) is 4.08. The van der Waals surface area contributed by atoms with E-state index in [1.165, 1.54) is 33.0 Å². The molecule has 0 aromatic carbocycles. The molecule has 1 aliphatic heterocycles. The fourth-order valence-corrected chi connectivity index (χ4v) is 2.65. The fourth-order valence-electron chi connectivity index (χ4n) is 2.65. The Kier molecular flexibility index (Phi) is 5.38. The molecule has 1 aromatic heterocycles. The molecule has 0 saturated carbocycles. The lowest BCUT2D eigenvalue weighted by Crippen LogP contribution is -2.30. The summed E-state index contributed by atoms with van der Waals surface area (Å²) < 4.78 is 4.70. The number of carbonyl (C=O) groups is 1. The number of piperidine rings is 1. The van der Waals surface area contributed by atoms with Gasteiger partial charge < -0.3 is 20.7 Å². The van der Waals surface area contributed by atoms with Gasteiger partial charge in [-0.2, -0.15) is 0 Å². The van der Waals surface area contributed by atoms with Gasteiger partial charge in [-0.15, -0.1) is 0 Å². The van der Waals surface area contributed by atoms with Crippen LogP contribution in [0.1, 0.15) is 29.6 Å². The maximum Gasteiger partial charge on any atom is 0.340 e. The number of anilines is 2. The average molecular weight is 292 g/mol. The number of methoxy groups -OCH3 is 1. The molecule has 116 valence electrons. The van der Waals surface area contributed by atoms with Crippen molar-refractivity contribution >= 4 is 17.5 Å². The molecule has 2 rings (SSSR count). The minimum atomic E-state index is -0.437. The van der Waals surface area contributed by atoms with Gasteiger partial charge in [0.05, 0.1) is 18.4 Å². The van der Waals surface area contributed by atoms with Crippen molar-refractivity contribution in [1.29, 1.82) is 0 Å². The Hall–Kier alpha value is -1.82. The van der Waals surface area contributed by atoms with Crippen LogP contribution in [0.25, 0.3) is 0 Å². The Morgan fingerprint density at radius 1 is 1.52 bits per heavy atom. The number of nitrogen functional groups attached to an aromatic ring is 1. The molecule has 0 aliphatic carbocycles. The van der Waals surface area contributed by atoms with Crippen molar-refractivity contribution in [2.45, 2.75) is 19.3 Å². The van der Waals surface area contributed by atoms with Gasteiger partial charge in [-0.1, -0.05) is 0 Å². The molecule has 0 unspecified atom stereocenters. The first-order valence-electron chi connectivity index (χ1n) is 7.37. The van der Waals surface area contributed by atoms with E-state index in [4.69, 9.17) is 10.5 Å². The molecule has 6 nitrogen and oxygen atoms in total. The van der Waals surface area contributed by atoms with Crippen LogP contribution in [0.2, 0.25) is 0 Å². The minimum absolute atomic E-state index is 0.354. The van der Waals surface area contributed by atoms with Crippen molar-refractivity contribution in [1.82, 2.24) is 9.88 Å². The number of hydrogen-bond acceptors (Lipinski definition) is 6. The lowest BCUT2D eigenvalue weighted by molar-refractivity contribution is 0.0602. The van der Waals surface area contributed by atoms with Crippen LogP contribution in [0.5, 0.6) is 0 Å². The van der Waals surface area contributed by atoms with Gasteiger partial charge in [-0.05, 0) is 51.4 Å². The average Bonchev–Trinajstić information content (AvgIpc) is 2.50. The second-order valence-corrected chi connectivity index (χ2v) is 5.57. The van der Waals surface area contributed by atoms with Gasteiger partial charge in [0.15, 0.2) is 0 Å². The monoisotopic (exact) mass is 292 g/mol. The lowest BCUT2D eigenvalue weighted by atomic mass is 9.94. The fraction of sp³-hybridized carbons (Fsp3) is 0.600. The highest BCUT2D eigenvalue weighted by Gasteiger charge is 2.17. The number of ether oxygens (including phenoxy) is 1. The summed E-state index contributed by atoms with van der Waals surface area (Å²) in [5.74, 6) is 0.873. The number of nitrogens with zero attached hydrogens (tertiary/aromatic N) is 2. The van der Waals surface area contributed by atoms with Crippen LogP contribution in [0, 0.1) is 5.92 Å². The van der Waals surface area contributed by atoms with E-state index in [0.29, 0.717) is 17.1 Å². The van der Waals surface area contributed by atoms with Crippen molar-refractivity contribution in [3.8, 4) is 0 Å².